The largest absolute Gasteiger partial charge is 0.353 e. The molecule has 1 amide bonds. The summed E-state index contributed by atoms with van der Waals surface area (Å²) >= 11 is 0. The van der Waals surface area contributed by atoms with Gasteiger partial charge in [-0.1, -0.05) is 43.0 Å². The zero-order valence-corrected chi connectivity index (χ0v) is 11.5. The third-order valence-electron chi connectivity index (χ3n) is 3.83. The van der Waals surface area contributed by atoms with Gasteiger partial charge < -0.3 is 5.32 Å². The number of hydrogen-bond donors (Lipinski definition) is 1. The number of amides is 1. The molecule has 0 bridgehead atoms. The number of rotatable bonds is 3. The molecule has 0 radical (unpaired) electrons. The molecule has 0 heterocycles. The molecule has 0 atom stereocenters. The Kier molecular flexibility index (Phi) is 4.40. The molecule has 0 aliphatic heterocycles. The zero-order chi connectivity index (χ0) is 13.0. The predicted molar refractivity (Wildman–Crippen MR) is 74.6 cm³/mol. The second-order valence-corrected chi connectivity index (χ2v) is 5.51. The summed E-state index contributed by atoms with van der Waals surface area (Å²) in [5, 5.41) is 3.18. The summed E-state index contributed by atoms with van der Waals surface area (Å²) in [7, 11) is 0. The molecule has 2 rings (SSSR count). The van der Waals surface area contributed by atoms with Gasteiger partial charge in [0.05, 0.1) is 6.42 Å². The van der Waals surface area contributed by atoms with E-state index in [2.05, 4.69) is 37.4 Å². The van der Waals surface area contributed by atoms with E-state index in [1.807, 2.05) is 0 Å². The molecule has 1 saturated carbocycles. The van der Waals surface area contributed by atoms with Gasteiger partial charge in [0.1, 0.15) is 0 Å². The number of carbonyl (C=O) groups excluding carboxylic acids is 1. The lowest BCUT2D eigenvalue weighted by Gasteiger charge is -2.23. The molecule has 2 heteroatoms. The molecule has 18 heavy (non-hydrogen) atoms. The van der Waals surface area contributed by atoms with Crippen LogP contribution in [0.1, 0.15) is 48.8 Å². The Hall–Kier alpha value is -1.31. The maximum atomic E-state index is 12.0. The van der Waals surface area contributed by atoms with Crippen molar-refractivity contribution in [2.75, 3.05) is 0 Å². The Balaban J connectivity index is 1.92. The first-order valence-electron chi connectivity index (χ1n) is 7.00. The average molecular weight is 245 g/mol. The number of hydrogen-bond acceptors (Lipinski definition) is 1. The van der Waals surface area contributed by atoms with Gasteiger partial charge in [0, 0.05) is 6.04 Å². The second-order valence-electron chi connectivity index (χ2n) is 5.51. The van der Waals surface area contributed by atoms with Gasteiger partial charge in [0.25, 0.3) is 0 Å². The number of nitrogens with one attached hydrogen (secondary N) is 1. The van der Waals surface area contributed by atoms with Crippen molar-refractivity contribution in [3.63, 3.8) is 0 Å². The molecule has 98 valence electrons. The van der Waals surface area contributed by atoms with Gasteiger partial charge in [-0.2, -0.15) is 0 Å². The van der Waals surface area contributed by atoms with E-state index in [1.54, 1.807) is 0 Å². The lowest BCUT2D eigenvalue weighted by Crippen LogP contribution is -2.37. The maximum absolute atomic E-state index is 12.0. The first-order chi connectivity index (χ1) is 8.65. The molecule has 0 spiro atoms. The summed E-state index contributed by atoms with van der Waals surface area (Å²) < 4.78 is 0. The Labute approximate surface area is 110 Å². The molecule has 1 aliphatic carbocycles. The second kappa shape index (κ2) is 6.03. The Morgan fingerprint density at radius 2 is 1.94 bits per heavy atom. The highest BCUT2D eigenvalue weighted by atomic mass is 16.1. The highest BCUT2D eigenvalue weighted by Crippen LogP contribution is 2.18. The molecular formula is C16H23NO. The third-order valence-corrected chi connectivity index (χ3v) is 3.83. The SMILES string of the molecule is Cc1ccc(C)c(CC(=O)NC2CCCCC2)c1. The van der Waals surface area contributed by atoms with Crippen LogP contribution in [0.25, 0.3) is 0 Å². The average Bonchev–Trinajstić information content (AvgIpc) is 2.35. The fourth-order valence-electron chi connectivity index (χ4n) is 2.69. The van der Waals surface area contributed by atoms with Crippen LogP contribution in [-0.4, -0.2) is 11.9 Å². The Morgan fingerprint density at radius 1 is 1.22 bits per heavy atom. The van der Waals surface area contributed by atoms with Crippen molar-refractivity contribution in [2.45, 2.75) is 58.4 Å². The van der Waals surface area contributed by atoms with Crippen LogP contribution < -0.4 is 5.32 Å². The third kappa shape index (κ3) is 3.59. The molecule has 0 unspecified atom stereocenters. The summed E-state index contributed by atoms with van der Waals surface area (Å²) in [5.74, 6) is 0.176. The first kappa shape index (κ1) is 13.1. The van der Waals surface area contributed by atoms with Gasteiger partial charge in [0.15, 0.2) is 0 Å². The summed E-state index contributed by atoms with van der Waals surface area (Å²) in [6, 6.07) is 6.73. The topological polar surface area (TPSA) is 29.1 Å². The van der Waals surface area contributed by atoms with Crippen LogP contribution in [0.3, 0.4) is 0 Å². The zero-order valence-electron chi connectivity index (χ0n) is 11.5. The lowest BCUT2D eigenvalue weighted by atomic mass is 9.95. The summed E-state index contributed by atoms with van der Waals surface area (Å²) in [6.07, 6.45) is 6.66. The minimum Gasteiger partial charge on any atom is -0.353 e. The quantitative estimate of drug-likeness (QED) is 0.870. The molecule has 1 aliphatic rings. The van der Waals surface area contributed by atoms with Crippen LogP contribution in [0.4, 0.5) is 0 Å². The highest BCUT2D eigenvalue weighted by Gasteiger charge is 2.16. The van der Waals surface area contributed by atoms with Crippen LogP contribution >= 0.6 is 0 Å². The summed E-state index contributed by atoms with van der Waals surface area (Å²) in [5.41, 5.74) is 3.59. The highest BCUT2D eigenvalue weighted by molar-refractivity contribution is 5.79. The van der Waals surface area contributed by atoms with Gasteiger partial charge in [-0.25, -0.2) is 0 Å². The van der Waals surface area contributed by atoms with E-state index >= 15 is 0 Å². The van der Waals surface area contributed by atoms with Gasteiger partial charge in [-0.15, -0.1) is 0 Å². The van der Waals surface area contributed by atoms with Crippen LogP contribution in [0.15, 0.2) is 18.2 Å². The fraction of sp³-hybridized carbons (Fsp3) is 0.562. The summed E-state index contributed by atoms with van der Waals surface area (Å²) in [4.78, 5) is 12.0. The van der Waals surface area contributed by atoms with E-state index in [1.165, 1.54) is 30.4 Å². The standard InChI is InChI=1S/C16H23NO/c1-12-8-9-13(2)14(10-12)11-16(18)17-15-6-4-3-5-7-15/h8-10,15H,3-7,11H2,1-2H3,(H,17,18). The molecule has 2 nitrogen and oxygen atoms in total. The van der Waals surface area contributed by atoms with Gasteiger partial charge >= 0.3 is 0 Å². The van der Waals surface area contributed by atoms with E-state index in [0.29, 0.717) is 12.5 Å². The first-order valence-corrected chi connectivity index (χ1v) is 7.00. The summed E-state index contributed by atoms with van der Waals surface area (Å²) in [6.45, 7) is 4.14. The van der Waals surface area contributed by atoms with E-state index in [-0.39, 0.29) is 5.91 Å². The Morgan fingerprint density at radius 3 is 2.67 bits per heavy atom. The molecule has 1 aromatic carbocycles. The van der Waals surface area contributed by atoms with Gasteiger partial charge in [0.2, 0.25) is 5.91 Å². The van der Waals surface area contributed by atoms with Crippen molar-refractivity contribution in [1.29, 1.82) is 0 Å². The van der Waals surface area contributed by atoms with Crippen LogP contribution in [0.5, 0.6) is 0 Å². The molecule has 0 aromatic heterocycles. The Bertz CT molecular complexity index is 419. The van der Waals surface area contributed by atoms with Gasteiger partial charge in [-0.05, 0) is 37.8 Å². The van der Waals surface area contributed by atoms with Crippen LogP contribution in [-0.2, 0) is 11.2 Å². The number of aryl methyl sites for hydroxylation is 2. The molecular weight excluding hydrogens is 222 g/mol. The lowest BCUT2D eigenvalue weighted by molar-refractivity contribution is -0.121. The van der Waals surface area contributed by atoms with Crippen molar-refractivity contribution in [1.82, 2.24) is 5.32 Å². The minimum absolute atomic E-state index is 0.176. The van der Waals surface area contributed by atoms with E-state index in [4.69, 9.17) is 0 Å². The molecule has 1 N–H and O–H groups in total. The monoisotopic (exact) mass is 245 g/mol. The minimum atomic E-state index is 0.176. The van der Waals surface area contributed by atoms with E-state index in [9.17, 15) is 4.79 Å². The molecule has 1 aromatic rings. The maximum Gasteiger partial charge on any atom is 0.224 e. The fourth-order valence-corrected chi connectivity index (χ4v) is 2.69. The van der Waals surface area contributed by atoms with Crippen molar-refractivity contribution < 1.29 is 4.79 Å². The predicted octanol–water partition coefficient (Wildman–Crippen LogP) is 3.29. The molecule has 1 fully saturated rings. The van der Waals surface area contributed by atoms with Crippen molar-refractivity contribution in [2.24, 2.45) is 0 Å². The van der Waals surface area contributed by atoms with Crippen molar-refractivity contribution >= 4 is 5.91 Å². The van der Waals surface area contributed by atoms with E-state index in [0.717, 1.165) is 18.4 Å². The number of benzene rings is 1. The normalized spacial score (nSPS) is 16.6. The van der Waals surface area contributed by atoms with Crippen molar-refractivity contribution in [3.8, 4) is 0 Å². The molecule has 0 saturated heterocycles. The number of carbonyl (C=O) groups is 1. The van der Waals surface area contributed by atoms with Crippen LogP contribution in [0, 0.1) is 13.8 Å². The smallest absolute Gasteiger partial charge is 0.224 e. The van der Waals surface area contributed by atoms with Crippen LogP contribution in [0.2, 0.25) is 0 Å². The van der Waals surface area contributed by atoms with Crippen molar-refractivity contribution in [3.05, 3.63) is 34.9 Å². The van der Waals surface area contributed by atoms with Gasteiger partial charge in [-0.3, -0.25) is 4.79 Å². The van der Waals surface area contributed by atoms with E-state index < -0.39 is 0 Å².